The standard InChI is InChI=1S/C25H38N2O5S/c1-5-14-26(4)17-23-19(2)16-27(20(3)18-28)33(30,31)24-9-8-21(15-22(24)32-23)10-13-25(29)11-6-7-12-25/h8-9,15,19-20,23,28-29H,5-7,11-12,14,16-18H2,1-4H3/t19-,20+,23-/m1/s1. The van der Waals surface area contributed by atoms with Gasteiger partial charge in [-0.25, -0.2) is 8.42 Å². The van der Waals surface area contributed by atoms with Crippen molar-refractivity contribution in [1.29, 1.82) is 0 Å². The summed E-state index contributed by atoms with van der Waals surface area (Å²) in [5.41, 5.74) is -0.357. The maximum absolute atomic E-state index is 13.5. The second kappa shape index (κ2) is 10.7. The van der Waals surface area contributed by atoms with Crippen LogP contribution in [0, 0.1) is 17.8 Å². The predicted octanol–water partition coefficient (Wildman–Crippen LogP) is 2.45. The first-order valence-corrected chi connectivity index (χ1v) is 13.4. The fourth-order valence-electron chi connectivity index (χ4n) is 4.57. The third-order valence-corrected chi connectivity index (χ3v) is 8.65. The van der Waals surface area contributed by atoms with Crippen LogP contribution >= 0.6 is 0 Å². The number of benzene rings is 1. The molecule has 0 bridgehead atoms. The van der Waals surface area contributed by atoms with E-state index in [0.717, 1.165) is 25.8 Å². The summed E-state index contributed by atoms with van der Waals surface area (Å²) in [5.74, 6) is 6.20. The molecule has 2 aliphatic rings. The molecule has 0 amide bonds. The van der Waals surface area contributed by atoms with Gasteiger partial charge in [-0.15, -0.1) is 0 Å². The highest BCUT2D eigenvalue weighted by molar-refractivity contribution is 7.89. The van der Waals surface area contributed by atoms with Gasteiger partial charge in [-0.3, -0.25) is 0 Å². The molecular formula is C25H38N2O5S. The van der Waals surface area contributed by atoms with Crippen molar-refractivity contribution < 1.29 is 23.4 Å². The van der Waals surface area contributed by atoms with E-state index in [0.29, 0.717) is 24.9 Å². The second-order valence-corrected chi connectivity index (χ2v) is 11.5. The predicted molar refractivity (Wildman–Crippen MR) is 129 cm³/mol. The minimum atomic E-state index is -3.87. The summed E-state index contributed by atoms with van der Waals surface area (Å²) in [5, 5.41) is 20.3. The number of aliphatic hydroxyl groups is 2. The molecule has 8 heteroatoms. The summed E-state index contributed by atoms with van der Waals surface area (Å²) in [6.07, 6.45) is 4.02. The van der Waals surface area contributed by atoms with Crippen molar-refractivity contribution in [2.45, 2.75) is 75.5 Å². The van der Waals surface area contributed by atoms with Crippen LogP contribution in [-0.2, 0) is 10.0 Å². The molecule has 1 fully saturated rings. The van der Waals surface area contributed by atoms with Gasteiger partial charge in [0.15, 0.2) is 0 Å². The van der Waals surface area contributed by atoms with Crippen LogP contribution in [0.15, 0.2) is 23.1 Å². The first-order chi connectivity index (χ1) is 15.6. The Kier molecular flexibility index (Phi) is 8.46. The van der Waals surface area contributed by atoms with Crippen LogP contribution in [0.2, 0.25) is 0 Å². The van der Waals surface area contributed by atoms with Gasteiger partial charge in [0.25, 0.3) is 0 Å². The quantitative estimate of drug-likeness (QED) is 0.611. The summed E-state index contributed by atoms with van der Waals surface area (Å²) in [6, 6.07) is 4.32. The molecule has 3 atom stereocenters. The van der Waals surface area contributed by atoms with Crippen LogP contribution in [0.4, 0.5) is 0 Å². The van der Waals surface area contributed by atoms with Gasteiger partial charge in [-0.05, 0) is 70.8 Å². The maximum atomic E-state index is 13.5. The maximum Gasteiger partial charge on any atom is 0.247 e. The largest absolute Gasteiger partial charge is 0.487 e. The lowest BCUT2D eigenvalue weighted by Gasteiger charge is -2.37. The molecular weight excluding hydrogens is 440 g/mol. The Bertz CT molecular complexity index is 978. The molecule has 0 spiro atoms. The minimum Gasteiger partial charge on any atom is -0.487 e. The zero-order chi connectivity index (χ0) is 24.2. The van der Waals surface area contributed by atoms with Gasteiger partial charge in [0.2, 0.25) is 10.0 Å². The van der Waals surface area contributed by atoms with Crippen LogP contribution in [-0.4, -0.2) is 78.9 Å². The van der Waals surface area contributed by atoms with Crippen molar-refractivity contribution in [1.82, 2.24) is 9.21 Å². The van der Waals surface area contributed by atoms with Crippen molar-refractivity contribution in [3.05, 3.63) is 23.8 Å². The molecule has 1 aliphatic carbocycles. The second-order valence-electron chi connectivity index (χ2n) is 9.65. The van der Waals surface area contributed by atoms with Crippen LogP contribution in [0.25, 0.3) is 0 Å². The normalized spacial score (nSPS) is 25.3. The molecule has 2 N–H and O–H groups in total. The van der Waals surface area contributed by atoms with Crippen molar-refractivity contribution in [3.8, 4) is 17.6 Å². The van der Waals surface area contributed by atoms with Crippen LogP contribution < -0.4 is 4.74 Å². The van der Waals surface area contributed by atoms with Gasteiger partial charge in [-0.2, -0.15) is 4.31 Å². The molecule has 7 nitrogen and oxygen atoms in total. The number of hydrogen-bond acceptors (Lipinski definition) is 6. The fourth-order valence-corrected chi connectivity index (χ4v) is 6.40. The van der Waals surface area contributed by atoms with Crippen LogP contribution in [0.5, 0.6) is 5.75 Å². The molecule has 3 rings (SSSR count). The summed E-state index contributed by atoms with van der Waals surface area (Å²) < 4.78 is 34.8. The van der Waals surface area contributed by atoms with E-state index < -0.39 is 21.7 Å². The molecule has 0 unspecified atom stereocenters. The van der Waals surface area contributed by atoms with E-state index in [1.807, 2.05) is 14.0 Å². The lowest BCUT2D eigenvalue weighted by molar-refractivity contribution is 0.0752. The highest BCUT2D eigenvalue weighted by Gasteiger charge is 2.38. The van der Waals surface area contributed by atoms with E-state index in [4.69, 9.17) is 4.74 Å². The molecule has 0 saturated heterocycles. The van der Waals surface area contributed by atoms with E-state index in [1.54, 1.807) is 19.1 Å². The van der Waals surface area contributed by atoms with Crippen molar-refractivity contribution in [2.75, 3.05) is 33.3 Å². The van der Waals surface area contributed by atoms with Gasteiger partial charge >= 0.3 is 0 Å². The van der Waals surface area contributed by atoms with Crippen molar-refractivity contribution in [3.63, 3.8) is 0 Å². The van der Waals surface area contributed by atoms with Gasteiger partial charge < -0.3 is 19.8 Å². The van der Waals surface area contributed by atoms with E-state index >= 15 is 0 Å². The average Bonchev–Trinajstić information content (AvgIpc) is 3.21. The topological polar surface area (TPSA) is 90.3 Å². The molecule has 1 saturated carbocycles. The van der Waals surface area contributed by atoms with E-state index in [9.17, 15) is 18.6 Å². The smallest absolute Gasteiger partial charge is 0.247 e. The monoisotopic (exact) mass is 478 g/mol. The van der Waals surface area contributed by atoms with E-state index in [-0.39, 0.29) is 35.8 Å². The van der Waals surface area contributed by atoms with Crippen LogP contribution in [0.1, 0.15) is 58.4 Å². The molecule has 0 radical (unpaired) electrons. The molecule has 1 aliphatic heterocycles. The zero-order valence-electron chi connectivity index (χ0n) is 20.2. The Morgan fingerprint density at radius 2 is 2.03 bits per heavy atom. The first-order valence-electron chi connectivity index (χ1n) is 12.0. The van der Waals surface area contributed by atoms with Crippen molar-refractivity contribution >= 4 is 10.0 Å². The van der Waals surface area contributed by atoms with Crippen molar-refractivity contribution in [2.24, 2.45) is 5.92 Å². The van der Waals surface area contributed by atoms with Gasteiger partial charge in [0, 0.05) is 30.6 Å². The summed E-state index contributed by atoms with van der Waals surface area (Å²) >= 11 is 0. The van der Waals surface area contributed by atoms with Crippen LogP contribution in [0.3, 0.4) is 0 Å². The number of sulfonamides is 1. The molecule has 33 heavy (non-hydrogen) atoms. The summed E-state index contributed by atoms with van der Waals surface area (Å²) in [7, 11) is -1.84. The molecule has 1 aromatic rings. The van der Waals surface area contributed by atoms with Gasteiger partial charge in [0.05, 0.1) is 6.61 Å². The van der Waals surface area contributed by atoms with Gasteiger partial charge in [0.1, 0.15) is 22.4 Å². The molecule has 184 valence electrons. The Labute approximate surface area is 198 Å². The highest BCUT2D eigenvalue weighted by Crippen LogP contribution is 2.34. The minimum absolute atomic E-state index is 0.0861. The lowest BCUT2D eigenvalue weighted by Crippen LogP contribution is -2.49. The number of rotatable bonds is 6. The number of fused-ring (bicyclic) bond motifs is 1. The van der Waals surface area contributed by atoms with Gasteiger partial charge in [-0.1, -0.05) is 25.7 Å². The fraction of sp³-hybridized carbons (Fsp3) is 0.680. The molecule has 1 heterocycles. The SMILES string of the molecule is CCCN(C)C[C@H]1Oc2cc(C#CC3(O)CCCC3)ccc2S(=O)(=O)N([C@@H](C)CO)C[C@H]1C. The Morgan fingerprint density at radius 1 is 1.33 bits per heavy atom. The first kappa shape index (κ1) is 26.0. The van der Waals surface area contributed by atoms with E-state index in [2.05, 4.69) is 23.7 Å². The number of hydrogen-bond donors (Lipinski definition) is 2. The highest BCUT2D eigenvalue weighted by atomic mass is 32.2. The molecule has 0 aromatic heterocycles. The number of ether oxygens (including phenoxy) is 1. The number of likely N-dealkylation sites (N-methyl/N-ethyl adjacent to an activating group) is 1. The number of aliphatic hydroxyl groups excluding tert-OH is 1. The lowest BCUT2D eigenvalue weighted by atomic mass is 10.0. The third-order valence-electron chi connectivity index (χ3n) is 6.63. The number of nitrogens with zero attached hydrogens (tertiary/aromatic N) is 2. The Hall–Kier alpha value is -1.63. The third kappa shape index (κ3) is 6.09. The van der Waals surface area contributed by atoms with E-state index in [1.165, 1.54) is 10.4 Å². The summed E-state index contributed by atoms with van der Waals surface area (Å²) in [4.78, 5) is 2.28. The zero-order valence-corrected chi connectivity index (χ0v) is 21.1. The average molecular weight is 479 g/mol. The Morgan fingerprint density at radius 3 is 2.67 bits per heavy atom. The summed E-state index contributed by atoms with van der Waals surface area (Å²) in [6.45, 7) is 7.40. The Balaban J connectivity index is 2.03. The molecule has 1 aromatic carbocycles.